The topological polar surface area (TPSA) is 85.6 Å². The number of likely N-dealkylation sites (N-methyl/N-ethyl adjacent to an activating group) is 1. The first-order valence-corrected chi connectivity index (χ1v) is 15.1. The molecule has 1 spiro atoms. The van der Waals surface area contributed by atoms with Gasteiger partial charge in [0.2, 0.25) is 0 Å². The minimum atomic E-state index is -1.38. The third-order valence-corrected chi connectivity index (χ3v) is 10.1. The van der Waals surface area contributed by atoms with Gasteiger partial charge in [0.1, 0.15) is 12.4 Å². The highest BCUT2D eigenvalue weighted by Crippen LogP contribution is 2.56. The standard InChI is InChI=1S/C31H35ClF2N6O2/c1-3-38-14-10-21(38)18-42-30-36-26-23(8-12-31(27(26)34)11-7-22-24(31)5-4-6-25(22)32)28(37-30)39-15-16-40(29(41)19(2)33)20(17-39)9-13-35/h4-6,20-21,27H,2-3,7-12,14-18H2,1H3/t20-,21-,27-,31+/m0/s1. The van der Waals surface area contributed by atoms with Crippen LogP contribution in [0.4, 0.5) is 14.6 Å². The third kappa shape index (κ3) is 4.80. The zero-order valence-corrected chi connectivity index (χ0v) is 24.5. The fourth-order valence-corrected chi connectivity index (χ4v) is 7.56. The number of carbonyl (C=O) groups is 1. The van der Waals surface area contributed by atoms with E-state index >= 15 is 4.39 Å². The Morgan fingerprint density at radius 2 is 2.00 bits per heavy atom. The maximum Gasteiger partial charge on any atom is 0.318 e. The van der Waals surface area contributed by atoms with Gasteiger partial charge in [0.25, 0.3) is 5.91 Å². The van der Waals surface area contributed by atoms with E-state index in [-0.39, 0.29) is 31.6 Å². The van der Waals surface area contributed by atoms with Crippen molar-refractivity contribution in [2.24, 2.45) is 0 Å². The molecule has 42 heavy (non-hydrogen) atoms. The Hall–Kier alpha value is -3.29. The van der Waals surface area contributed by atoms with Crippen LogP contribution in [0.15, 0.2) is 30.6 Å². The summed E-state index contributed by atoms with van der Waals surface area (Å²) in [4.78, 5) is 27.6. The van der Waals surface area contributed by atoms with Crippen molar-refractivity contribution in [2.75, 3.05) is 44.2 Å². The number of piperazine rings is 1. The zero-order valence-electron chi connectivity index (χ0n) is 23.8. The number of alkyl halides is 1. The lowest BCUT2D eigenvalue weighted by atomic mass is 9.68. The average Bonchev–Trinajstić information content (AvgIpc) is 3.35. The molecule has 0 saturated carbocycles. The van der Waals surface area contributed by atoms with Crippen molar-refractivity contribution in [2.45, 2.75) is 69.1 Å². The molecule has 8 nitrogen and oxygen atoms in total. The van der Waals surface area contributed by atoms with Crippen molar-refractivity contribution < 1.29 is 18.3 Å². The number of hydrogen-bond acceptors (Lipinski definition) is 7. The number of nitrogens with zero attached hydrogens (tertiary/aromatic N) is 6. The summed E-state index contributed by atoms with van der Waals surface area (Å²) < 4.78 is 36.9. The molecule has 2 saturated heterocycles. The molecule has 2 aliphatic heterocycles. The van der Waals surface area contributed by atoms with E-state index in [1.54, 1.807) is 0 Å². The number of benzene rings is 1. The minimum Gasteiger partial charge on any atom is -0.462 e. The van der Waals surface area contributed by atoms with Crippen LogP contribution in [-0.4, -0.2) is 77.1 Å². The summed E-state index contributed by atoms with van der Waals surface area (Å²) in [6.45, 7) is 8.39. The number of amides is 1. The van der Waals surface area contributed by atoms with Gasteiger partial charge in [-0.1, -0.05) is 37.2 Å². The molecule has 11 heteroatoms. The number of carbonyl (C=O) groups excluding carboxylic acids is 1. The largest absolute Gasteiger partial charge is 0.462 e. The molecular weight excluding hydrogens is 562 g/mol. The first-order valence-electron chi connectivity index (χ1n) is 14.7. The number of hydrogen-bond donors (Lipinski definition) is 0. The lowest BCUT2D eigenvalue weighted by Gasteiger charge is -2.43. The predicted molar refractivity (Wildman–Crippen MR) is 155 cm³/mol. The van der Waals surface area contributed by atoms with Gasteiger partial charge in [-0.15, -0.1) is 0 Å². The summed E-state index contributed by atoms with van der Waals surface area (Å²) in [5, 5.41) is 10.1. The van der Waals surface area contributed by atoms with Gasteiger partial charge < -0.3 is 14.5 Å². The van der Waals surface area contributed by atoms with E-state index in [4.69, 9.17) is 26.3 Å². The lowest BCUT2D eigenvalue weighted by molar-refractivity contribution is -0.131. The molecule has 0 N–H and O–H groups in total. The van der Waals surface area contributed by atoms with Gasteiger partial charge in [-0.25, -0.2) is 8.78 Å². The lowest BCUT2D eigenvalue weighted by Crippen LogP contribution is -2.55. The molecule has 3 heterocycles. The van der Waals surface area contributed by atoms with E-state index in [0.717, 1.165) is 36.2 Å². The number of likely N-dealkylation sites (tertiary alicyclic amines) is 1. The molecule has 1 amide bonds. The highest BCUT2D eigenvalue weighted by Gasteiger charge is 2.51. The summed E-state index contributed by atoms with van der Waals surface area (Å²) in [5.74, 6) is -1.30. The predicted octanol–water partition coefficient (Wildman–Crippen LogP) is 4.86. The number of nitriles is 1. The Kier molecular flexibility index (Phi) is 7.83. The van der Waals surface area contributed by atoms with Crippen molar-refractivity contribution in [1.29, 1.82) is 5.26 Å². The van der Waals surface area contributed by atoms with Crippen LogP contribution in [0.2, 0.25) is 5.02 Å². The van der Waals surface area contributed by atoms with Gasteiger partial charge in [0.15, 0.2) is 12.0 Å². The van der Waals surface area contributed by atoms with E-state index in [1.165, 1.54) is 4.90 Å². The number of halogens is 3. The van der Waals surface area contributed by atoms with Crippen LogP contribution >= 0.6 is 11.6 Å². The Balaban J connectivity index is 1.36. The molecule has 4 atom stereocenters. The quantitative estimate of drug-likeness (QED) is 0.422. The summed E-state index contributed by atoms with van der Waals surface area (Å²) >= 11 is 6.52. The Bertz CT molecular complexity index is 1450. The third-order valence-electron chi connectivity index (χ3n) is 9.70. The fourth-order valence-electron chi connectivity index (χ4n) is 7.29. The SMILES string of the molecule is C=C(F)C(=O)N1CCN(c2nc(OC[C@@H]3CCN3CC)nc3c2CC[C@@]2(CCc4c(Cl)cccc42)[C@H]3F)C[C@@H]1CC#N. The summed E-state index contributed by atoms with van der Waals surface area (Å²) in [6.07, 6.45) is 2.16. The van der Waals surface area contributed by atoms with Crippen molar-refractivity contribution in [3.63, 3.8) is 0 Å². The second kappa shape index (κ2) is 11.4. The smallest absolute Gasteiger partial charge is 0.318 e. The van der Waals surface area contributed by atoms with E-state index in [9.17, 15) is 14.4 Å². The first kappa shape index (κ1) is 28.8. The number of anilines is 1. The van der Waals surface area contributed by atoms with E-state index < -0.39 is 29.4 Å². The van der Waals surface area contributed by atoms with Gasteiger partial charge in [0, 0.05) is 48.2 Å². The molecule has 4 aliphatic rings. The highest BCUT2D eigenvalue weighted by molar-refractivity contribution is 6.31. The zero-order chi connectivity index (χ0) is 29.6. The molecule has 0 radical (unpaired) electrons. The van der Waals surface area contributed by atoms with E-state index in [1.807, 2.05) is 23.1 Å². The molecule has 2 aromatic rings. The molecule has 222 valence electrons. The van der Waals surface area contributed by atoms with Crippen LogP contribution in [0.5, 0.6) is 6.01 Å². The van der Waals surface area contributed by atoms with Gasteiger partial charge >= 0.3 is 6.01 Å². The second-order valence-corrected chi connectivity index (χ2v) is 12.1. The molecule has 2 fully saturated rings. The van der Waals surface area contributed by atoms with E-state index in [2.05, 4.69) is 24.5 Å². The highest BCUT2D eigenvalue weighted by atomic mass is 35.5. The van der Waals surface area contributed by atoms with Crippen LogP contribution in [-0.2, 0) is 23.1 Å². The van der Waals surface area contributed by atoms with Crippen molar-refractivity contribution >= 4 is 23.3 Å². The number of ether oxygens (including phenoxy) is 1. The maximum absolute atomic E-state index is 17.0. The van der Waals surface area contributed by atoms with Crippen LogP contribution in [0.3, 0.4) is 0 Å². The average molecular weight is 597 g/mol. The minimum absolute atomic E-state index is 0.0209. The number of fused-ring (bicyclic) bond motifs is 3. The van der Waals surface area contributed by atoms with Crippen LogP contribution in [0, 0.1) is 11.3 Å². The first-order chi connectivity index (χ1) is 20.3. The summed E-state index contributed by atoms with van der Waals surface area (Å²) in [5.41, 5.74) is 2.30. The van der Waals surface area contributed by atoms with E-state index in [0.29, 0.717) is 55.4 Å². The monoisotopic (exact) mass is 596 g/mol. The Morgan fingerprint density at radius 3 is 2.69 bits per heavy atom. The van der Waals surface area contributed by atoms with Crippen molar-refractivity contribution in [3.8, 4) is 12.1 Å². The van der Waals surface area contributed by atoms with Gasteiger partial charge in [0.05, 0.1) is 24.2 Å². The molecule has 1 aromatic heterocycles. The normalized spacial score (nSPS) is 26.8. The second-order valence-electron chi connectivity index (χ2n) is 11.7. The number of aromatic nitrogens is 2. The van der Waals surface area contributed by atoms with Crippen LogP contribution in [0.25, 0.3) is 0 Å². The summed E-state index contributed by atoms with van der Waals surface area (Å²) in [6, 6.07) is 7.67. The molecular formula is C31H35ClF2N6O2. The van der Waals surface area contributed by atoms with Crippen LogP contribution in [0.1, 0.15) is 61.2 Å². The fraction of sp³-hybridized carbons (Fsp3) is 0.548. The van der Waals surface area contributed by atoms with Crippen LogP contribution < -0.4 is 9.64 Å². The molecule has 0 unspecified atom stereocenters. The van der Waals surface area contributed by atoms with Crippen molar-refractivity contribution in [1.82, 2.24) is 19.8 Å². The van der Waals surface area contributed by atoms with Gasteiger partial charge in [-0.3, -0.25) is 9.69 Å². The Labute approximate surface area is 249 Å². The maximum atomic E-state index is 17.0. The molecule has 0 bridgehead atoms. The van der Waals surface area contributed by atoms with Gasteiger partial charge in [-0.2, -0.15) is 15.2 Å². The molecule has 1 aromatic carbocycles. The molecule has 2 aliphatic carbocycles. The number of rotatable bonds is 7. The Morgan fingerprint density at radius 1 is 1.21 bits per heavy atom. The van der Waals surface area contributed by atoms with Crippen molar-refractivity contribution in [3.05, 3.63) is 58.0 Å². The molecule has 6 rings (SSSR count). The van der Waals surface area contributed by atoms with Gasteiger partial charge in [-0.05, 0) is 55.8 Å². The summed E-state index contributed by atoms with van der Waals surface area (Å²) in [7, 11) is 0.